The van der Waals surface area contributed by atoms with Gasteiger partial charge in [0.15, 0.2) is 18.9 Å². The van der Waals surface area contributed by atoms with Gasteiger partial charge in [-0.3, -0.25) is 0 Å². The first kappa shape index (κ1) is 12.5. The molecular formula is C12H20BrN2+. The fourth-order valence-corrected chi connectivity index (χ4v) is 2.26. The van der Waals surface area contributed by atoms with Crippen LogP contribution in [0.2, 0.25) is 0 Å². The minimum absolute atomic E-state index is 0. The molecule has 2 rings (SSSR count). The fraction of sp³-hybridized carbons (Fsp3) is 0.583. The van der Waals surface area contributed by atoms with Gasteiger partial charge in [-0.25, -0.2) is 4.57 Å². The first-order valence-corrected chi connectivity index (χ1v) is 5.59. The molecule has 3 heteroatoms. The molecule has 0 atom stereocenters. The van der Waals surface area contributed by atoms with Gasteiger partial charge in [0.2, 0.25) is 0 Å². The van der Waals surface area contributed by atoms with Crippen LogP contribution in [0.3, 0.4) is 0 Å². The lowest BCUT2D eigenvalue weighted by atomic mass is 9.89. The molecule has 0 saturated heterocycles. The number of aromatic nitrogens is 1. The third kappa shape index (κ3) is 3.82. The topological polar surface area (TPSA) is 29.9 Å². The van der Waals surface area contributed by atoms with Crippen molar-refractivity contribution in [1.29, 1.82) is 0 Å². The van der Waals surface area contributed by atoms with Crippen LogP contribution in [0.15, 0.2) is 24.5 Å². The van der Waals surface area contributed by atoms with Crippen LogP contribution in [0.25, 0.3) is 0 Å². The minimum atomic E-state index is 0. The van der Waals surface area contributed by atoms with Gasteiger partial charge in [0.25, 0.3) is 0 Å². The van der Waals surface area contributed by atoms with Crippen LogP contribution >= 0.6 is 17.0 Å². The Morgan fingerprint density at radius 3 is 2.33 bits per heavy atom. The molecule has 15 heavy (non-hydrogen) atoms. The molecule has 1 saturated carbocycles. The van der Waals surface area contributed by atoms with E-state index in [1.54, 1.807) is 0 Å². The Bertz CT molecular complexity index is 278. The first-order chi connectivity index (χ1) is 6.84. The van der Waals surface area contributed by atoms with Gasteiger partial charge < -0.3 is 5.73 Å². The molecular weight excluding hydrogens is 252 g/mol. The maximum atomic E-state index is 5.65. The van der Waals surface area contributed by atoms with Crippen molar-refractivity contribution in [2.45, 2.75) is 38.6 Å². The average Bonchev–Trinajstić information content (AvgIpc) is 2.23. The average molecular weight is 272 g/mol. The van der Waals surface area contributed by atoms with Crippen molar-refractivity contribution in [3.8, 4) is 0 Å². The fourth-order valence-electron chi connectivity index (χ4n) is 2.26. The van der Waals surface area contributed by atoms with E-state index in [9.17, 15) is 0 Å². The molecule has 2 N–H and O–H groups in total. The third-order valence-corrected chi connectivity index (χ3v) is 3.11. The molecule has 0 unspecified atom stereocenters. The van der Waals surface area contributed by atoms with E-state index in [-0.39, 0.29) is 17.0 Å². The van der Waals surface area contributed by atoms with Crippen molar-refractivity contribution in [1.82, 2.24) is 0 Å². The standard InChI is InChI=1S/C12H18N2.BrH/c13-12-6-8-14(9-7-12)10-11-4-2-1-3-5-11;/h6-9,11,13H,1-5,10H2;1H/p+1. The summed E-state index contributed by atoms with van der Waals surface area (Å²) >= 11 is 0. The van der Waals surface area contributed by atoms with Crippen molar-refractivity contribution in [3.63, 3.8) is 0 Å². The Kier molecular flexibility index (Phi) is 5.09. The first-order valence-electron chi connectivity index (χ1n) is 5.59. The molecule has 84 valence electrons. The largest absolute Gasteiger partial charge is 0.398 e. The molecule has 0 aromatic carbocycles. The van der Waals surface area contributed by atoms with Gasteiger partial charge in [0.1, 0.15) is 0 Å². The van der Waals surface area contributed by atoms with Crippen molar-refractivity contribution in [3.05, 3.63) is 24.5 Å². The van der Waals surface area contributed by atoms with Crippen LogP contribution in [0.5, 0.6) is 0 Å². The lowest BCUT2D eigenvalue weighted by Crippen LogP contribution is -2.37. The van der Waals surface area contributed by atoms with Gasteiger partial charge >= 0.3 is 0 Å². The number of nitrogens with zero attached hydrogens (tertiary/aromatic N) is 1. The molecule has 1 aliphatic rings. The Hall–Kier alpha value is -0.570. The van der Waals surface area contributed by atoms with Crippen LogP contribution in [0.4, 0.5) is 5.69 Å². The van der Waals surface area contributed by atoms with Gasteiger partial charge in [-0.2, -0.15) is 0 Å². The van der Waals surface area contributed by atoms with E-state index < -0.39 is 0 Å². The lowest BCUT2D eigenvalue weighted by molar-refractivity contribution is -0.703. The zero-order valence-electron chi connectivity index (χ0n) is 9.06. The van der Waals surface area contributed by atoms with E-state index in [0.717, 1.165) is 11.6 Å². The van der Waals surface area contributed by atoms with E-state index >= 15 is 0 Å². The predicted octanol–water partition coefficient (Wildman–Crippen LogP) is 2.71. The molecule has 2 nitrogen and oxygen atoms in total. The molecule has 0 amide bonds. The molecule has 0 radical (unpaired) electrons. The summed E-state index contributed by atoms with van der Waals surface area (Å²) in [5, 5.41) is 0. The van der Waals surface area contributed by atoms with E-state index in [0.29, 0.717) is 0 Å². The summed E-state index contributed by atoms with van der Waals surface area (Å²) in [5.41, 5.74) is 6.50. The second-order valence-electron chi connectivity index (χ2n) is 4.33. The second kappa shape index (κ2) is 6.11. The molecule has 1 aliphatic carbocycles. The Balaban J connectivity index is 0.00000112. The summed E-state index contributed by atoms with van der Waals surface area (Å²) in [7, 11) is 0. The monoisotopic (exact) mass is 271 g/mol. The maximum absolute atomic E-state index is 5.65. The molecule has 0 aliphatic heterocycles. The van der Waals surface area contributed by atoms with Crippen LogP contribution in [0.1, 0.15) is 32.1 Å². The molecule has 1 heterocycles. The summed E-state index contributed by atoms with van der Waals surface area (Å²) in [6, 6.07) is 3.95. The van der Waals surface area contributed by atoms with Gasteiger partial charge in [-0.1, -0.05) is 19.3 Å². The zero-order valence-corrected chi connectivity index (χ0v) is 10.8. The van der Waals surface area contributed by atoms with Crippen molar-refractivity contribution < 1.29 is 4.57 Å². The molecule has 0 bridgehead atoms. The quantitative estimate of drug-likeness (QED) is 0.824. The number of hydrogen-bond donors (Lipinski definition) is 1. The maximum Gasteiger partial charge on any atom is 0.170 e. The zero-order chi connectivity index (χ0) is 9.80. The summed E-state index contributed by atoms with van der Waals surface area (Å²) in [4.78, 5) is 0. The second-order valence-corrected chi connectivity index (χ2v) is 4.33. The summed E-state index contributed by atoms with van der Waals surface area (Å²) in [6.45, 7) is 1.17. The molecule has 0 spiro atoms. The highest BCUT2D eigenvalue weighted by atomic mass is 79.9. The number of halogens is 1. The lowest BCUT2D eigenvalue weighted by Gasteiger charge is -2.18. The van der Waals surface area contributed by atoms with Gasteiger partial charge in [0.05, 0.1) is 0 Å². The van der Waals surface area contributed by atoms with Crippen LogP contribution in [-0.4, -0.2) is 0 Å². The summed E-state index contributed by atoms with van der Waals surface area (Å²) in [6.07, 6.45) is 11.2. The normalized spacial score (nSPS) is 17.1. The predicted molar refractivity (Wildman–Crippen MR) is 67.9 cm³/mol. The van der Waals surface area contributed by atoms with E-state index in [1.165, 1.54) is 38.6 Å². The number of nitrogens with two attached hydrogens (primary N) is 1. The highest BCUT2D eigenvalue weighted by Gasteiger charge is 2.17. The molecule has 1 fully saturated rings. The molecule has 1 aromatic heterocycles. The van der Waals surface area contributed by atoms with Crippen LogP contribution < -0.4 is 10.3 Å². The minimum Gasteiger partial charge on any atom is -0.398 e. The Morgan fingerprint density at radius 2 is 1.73 bits per heavy atom. The van der Waals surface area contributed by atoms with E-state index in [4.69, 9.17) is 5.73 Å². The number of nitrogen functional groups attached to an aromatic ring is 1. The molecule has 1 aromatic rings. The van der Waals surface area contributed by atoms with Crippen molar-refractivity contribution >= 4 is 22.7 Å². The summed E-state index contributed by atoms with van der Waals surface area (Å²) < 4.78 is 2.26. The Morgan fingerprint density at radius 1 is 1.13 bits per heavy atom. The number of pyridine rings is 1. The number of rotatable bonds is 2. The highest BCUT2D eigenvalue weighted by molar-refractivity contribution is 8.93. The van der Waals surface area contributed by atoms with Crippen LogP contribution in [-0.2, 0) is 6.54 Å². The smallest absolute Gasteiger partial charge is 0.170 e. The summed E-state index contributed by atoms with van der Waals surface area (Å²) in [5.74, 6) is 0.886. The van der Waals surface area contributed by atoms with Crippen LogP contribution in [0, 0.1) is 5.92 Å². The third-order valence-electron chi connectivity index (χ3n) is 3.11. The SMILES string of the molecule is Br.Nc1cc[n+](CC2CCCCC2)cc1. The number of anilines is 1. The van der Waals surface area contributed by atoms with E-state index in [1.807, 2.05) is 12.1 Å². The van der Waals surface area contributed by atoms with Gasteiger partial charge in [0, 0.05) is 23.7 Å². The van der Waals surface area contributed by atoms with Gasteiger partial charge in [-0.15, -0.1) is 17.0 Å². The Labute approximate surface area is 102 Å². The van der Waals surface area contributed by atoms with Gasteiger partial charge in [-0.05, 0) is 12.8 Å². The van der Waals surface area contributed by atoms with Crippen molar-refractivity contribution in [2.75, 3.05) is 5.73 Å². The van der Waals surface area contributed by atoms with Crippen molar-refractivity contribution in [2.24, 2.45) is 5.92 Å². The highest BCUT2D eigenvalue weighted by Crippen LogP contribution is 2.23. The number of hydrogen-bond acceptors (Lipinski definition) is 1. The van der Waals surface area contributed by atoms with E-state index in [2.05, 4.69) is 17.0 Å².